The van der Waals surface area contributed by atoms with Crippen LogP contribution in [0.2, 0.25) is 0 Å². The van der Waals surface area contributed by atoms with E-state index in [0.717, 1.165) is 10.5 Å². The fourth-order valence-electron chi connectivity index (χ4n) is 8.56. The molecule has 2 aliphatic rings. The maximum Gasteiger partial charge on any atom is 0.303 e. The first-order valence-corrected chi connectivity index (χ1v) is 25.4. The van der Waals surface area contributed by atoms with Crippen molar-refractivity contribution >= 4 is 65.0 Å². The molecule has 24 nitrogen and oxygen atoms in total. The number of hydrogen-bond donors (Lipinski definition) is 11. The first-order chi connectivity index (χ1) is 37.2. The number of ether oxygens (including phenoxy) is 1. The maximum absolute atomic E-state index is 14.6. The molecule has 2 saturated heterocycles. The van der Waals surface area contributed by atoms with E-state index in [1.165, 1.54) is 6.92 Å². The van der Waals surface area contributed by atoms with Crippen molar-refractivity contribution in [2.75, 3.05) is 26.2 Å². The Bertz CT molecular complexity index is 2670. The number of nitrogens with zero attached hydrogens (tertiary/aromatic N) is 1. The van der Waals surface area contributed by atoms with Crippen LogP contribution >= 0.6 is 0 Å². The normalized spacial score (nSPS) is 23.0. The molecule has 0 spiro atoms. The van der Waals surface area contributed by atoms with Gasteiger partial charge in [-0.15, -0.1) is 0 Å². The van der Waals surface area contributed by atoms with Gasteiger partial charge >= 0.3 is 5.97 Å². The van der Waals surface area contributed by atoms with Crippen LogP contribution in [0.1, 0.15) is 69.6 Å². The fourth-order valence-corrected chi connectivity index (χ4v) is 8.56. The van der Waals surface area contributed by atoms with E-state index in [2.05, 4.69) is 42.5 Å². The number of carbonyl (C=O) groups excluding carboxylic acids is 10. The molecule has 8 atom stereocenters. The van der Waals surface area contributed by atoms with Crippen LogP contribution in [0, 0.1) is 0 Å². The highest BCUT2D eigenvalue weighted by molar-refractivity contribution is 5.99. The molecule has 10 amide bonds. The molecule has 2 aliphatic heterocycles. The molecule has 0 aromatic heterocycles. The van der Waals surface area contributed by atoms with Crippen molar-refractivity contribution in [2.45, 2.75) is 121 Å². The van der Waals surface area contributed by atoms with Gasteiger partial charge in [0.2, 0.25) is 59.1 Å². The number of aliphatic hydroxyl groups excluding tert-OH is 1. The second-order valence-electron chi connectivity index (χ2n) is 19.2. The number of hydrogen-bond acceptors (Lipinski definition) is 13. The van der Waals surface area contributed by atoms with Crippen LogP contribution in [-0.2, 0) is 72.0 Å². The molecule has 78 heavy (non-hydrogen) atoms. The second-order valence-corrected chi connectivity index (χ2v) is 19.2. The summed E-state index contributed by atoms with van der Waals surface area (Å²) in [6, 6.07) is 12.8. The fraction of sp³-hybridized carbons (Fsp3) is 0.426. The van der Waals surface area contributed by atoms with Gasteiger partial charge in [0.25, 0.3) is 0 Å². The Morgan fingerprint density at radius 2 is 1.13 bits per heavy atom. The molecule has 3 aromatic carbocycles. The zero-order chi connectivity index (χ0) is 56.9. The number of aliphatic hydroxyl groups is 1. The first-order valence-electron chi connectivity index (χ1n) is 25.4. The molecule has 24 heteroatoms. The summed E-state index contributed by atoms with van der Waals surface area (Å²) in [5.74, 6) is -10.4. The Morgan fingerprint density at radius 1 is 0.641 bits per heavy atom. The van der Waals surface area contributed by atoms with Gasteiger partial charge in [0.15, 0.2) is 0 Å². The number of allylic oxidation sites excluding steroid dienone is 1. The molecule has 2 heterocycles. The Balaban J connectivity index is 1.53. The third-order valence-electron chi connectivity index (χ3n) is 12.7. The molecule has 0 unspecified atom stereocenters. The van der Waals surface area contributed by atoms with E-state index in [1.54, 1.807) is 84.9 Å². The van der Waals surface area contributed by atoms with Gasteiger partial charge in [-0.1, -0.05) is 78.4 Å². The molecule has 12 N–H and O–H groups in total. The summed E-state index contributed by atoms with van der Waals surface area (Å²) < 4.78 is 5.76. The highest BCUT2D eigenvalue weighted by Gasteiger charge is 2.41. The SMILES string of the molecule is CC(C)=CCOc1ccc(C[C@@H]2NC(=O)[C@@H]3CCCN3C(=O)[C@H](CC(N)=O)NC(=O)[C@H](Cc3ccccc3)NC(=O)[C@H](Cc3ccccc3)NC(=O)[C@H](CCC(=O)O)NC(=O)CNC(=O)[C@H]([C@@H](C)O)NC(=O)CNC2=O)cc1. The van der Waals surface area contributed by atoms with Crippen LogP contribution in [0.15, 0.2) is 96.6 Å². The number of nitrogens with one attached hydrogen (secondary N) is 8. The predicted octanol–water partition coefficient (Wildman–Crippen LogP) is -1.67. The number of carboxylic acid groups (broad SMARTS) is 1. The number of benzene rings is 3. The number of primary amides is 1. The standard InChI is InChI=1S/C54H68N10O14/c1-31(2)22-24-78-36-18-16-35(17-19-36)27-38-48(71)56-30-45(68)63-47(32(3)65)53(76)57-29-44(67)58-37(20-21-46(69)70)49(72)59-39(25-33-11-6-4-7-12-33)50(73)60-40(26-34-13-8-5-9-14-34)51(74)62-41(28-43(55)66)54(77)64-23-10-15-42(64)52(75)61-38/h4-9,11-14,16-19,22,32,37-42,47,65H,10,15,20-21,23-30H2,1-3H3,(H2,55,66)(H,56,71)(H,57,76)(H,58,67)(H,59,72)(H,60,73)(H,61,75)(H,62,74)(H,63,68)(H,69,70)/t32-,37+,38+,39+,40+,41+,42+,47+/m1/s1. The molecule has 3 aromatic rings. The molecule has 5 rings (SSSR count). The van der Waals surface area contributed by atoms with E-state index in [4.69, 9.17) is 10.5 Å². The van der Waals surface area contributed by atoms with Crippen molar-refractivity contribution in [3.63, 3.8) is 0 Å². The van der Waals surface area contributed by atoms with Crippen LogP contribution in [0.25, 0.3) is 0 Å². The quantitative estimate of drug-likeness (QED) is 0.0759. The van der Waals surface area contributed by atoms with E-state index in [0.29, 0.717) is 29.0 Å². The van der Waals surface area contributed by atoms with Gasteiger partial charge in [-0.2, -0.15) is 0 Å². The molecule has 418 valence electrons. The Labute approximate surface area is 450 Å². The first kappa shape index (κ1) is 60.2. The lowest BCUT2D eigenvalue weighted by Gasteiger charge is -2.30. The van der Waals surface area contributed by atoms with Crippen molar-refractivity contribution in [3.8, 4) is 5.75 Å². The lowest BCUT2D eigenvalue weighted by molar-refractivity contribution is -0.143. The minimum atomic E-state index is -1.70. The minimum absolute atomic E-state index is 0.0235. The summed E-state index contributed by atoms with van der Waals surface area (Å²) in [6.07, 6.45) is -1.71. The van der Waals surface area contributed by atoms with E-state index < -0.39 is 146 Å². The monoisotopic (exact) mass is 1080 g/mol. The van der Waals surface area contributed by atoms with Crippen LogP contribution in [0.4, 0.5) is 0 Å². The van der Waals surface area contributed by atoms with E-state index >= 15 is 0 Å². The van der Waals surface area contributed by atoms with Crippen molar-refractivity contribution in [1.82, 2.24) is 47.4 Å². The molecule has 0 saturated carbocycles. The van der Waals surface area contributed by atoms with Crippen molar-refractivity contribution in [1.29, 1.82) is 0 Å². The highest BCUT2D eigenvalue weighted by Crippen LogP contribution is 2.21. The number of amides is 10. The number of carbonyl (C=O) groups is 11. The molecule has 0 aliphatic carbocycles. The number of aliphatic carboxylic acids is 1. The summed E-state index contributed by atoms with van der Waals surface area (Å²) in [6.45, 7) is 3.66. The Morgan fingerprint density at radius 3 is 1.65 bits per heavy atom. The second kappa shape index (κ2) is 29.6. The summed E-state index contributed by atoms with van der Waals surface area (Å²) in [5.41, 5.74) is 8.29. The highest BCUT2D eigenvalue weighted by atomic mass is 16.5. The summed E-state index contributed by atoms with van der Waals surface area (Å²) in [4.78, 5) is 152. The number of fused-ring (bicyclic) bond motifs is 1. The van der Waals surface area contributed by atoms with Gasteiger partial charge in [0, 0.05) is 32.2 Å². The molecule has 0 radical (unpaired) electrons. The van der Waals surface area contributed by atoms with Crippen molar-refractivity contribution in [2.24, 2.45) is 5.73 Å². The number of rotatable bonds is 15. The smallest absolute Gasteiger partial charge is 0.303 e. The van der Waals surface area contributed by atoms with Gasteiger partial charge < -0.3 is 68.1 Å². The van der Waals surface area contributed by atoms with Gasteiger partial charge in [-0.25, -0.2) is 0 Å². The van der Waals surface area contributed by atoms with Gasteiger partial charge in [0.05, 0.1) is 25.6 Å². The molecular weight excluding hydrogens is 1010 g/mol. The van der Waals surface area contributed by atoms with Crippen molar-refractivity contribution in [3.05, 3.63) is 113 Å². The zero-order valence-electron chi connectivity index (χ0n) is 43.6. The molecular formula is C54H68N10O14. The van der Waals surface area contributed by atoms with Crippen LogP contribution < -0.4 is 53.0 Å². The third-order valence-corrected chi connectivity index (χ3v) is 12.7. The predicted molar refractivity (Wildman–Crippen MR) is 280 cm³/mol. The number of nitrogens with two attached hydrogens (primary N) is 1. The van der Waals surface area contributed by atoms with Gasteiger partial charge in [-0.05, 0) is 74.9 Å². The molecule has 0 bridgehead atoms. The largest absolute Gasteiger partial charge is 0.490 e. The maximum atomic E-state index is 14.6. The van der Waals surface area contributed by atoms with Gasteiger partial charge in [0.1, 0.15) is 54.6 Å². The third kappa shape index (κ3) is 19.2. The zero-order valence-corrected chi connectivity index (χ0v) is 43.6. The lowest BCUT2D eigenvalue weighted by Crippen LogP contribution is -2.60. The summed E-state index contributed by atoms with van der Waals surface area (Å²) in [7, 11) is 0. The van der Waals surface area contributed by atoms with Crippen molar-refractivity contribution < 1.29 is 67.7 Å². The van der Waals surface area contributed by atoms with E-state index in [-0.39, 0.29) is 38.6 Å². The molecule has 2 fully saturated rings. The Hall–Kier alpha value is -8.67. The van der Waals surface area contributed by atoms with Crippen LogP contribution in [-0.4, -0.2) is 155 Å². The van der Waals surface area contributed by atoms with Gasteiger partial charge in [-0.3, -0.25) is 52.7 Å². The Kier molecular flexibility index (Phi) is 22.8. The van der Waals surface area contributed by atoms with Crippen LogP contribution in [0.5, 0.6) is 5.75 Å². The average molecular weight is 1080 g/mol. The van der Waals surface area contributed by atoms with Crippen LogP contribution in [0.3, 0.4) is 0 Å². The average Bonchev–Trinajstić information content (AvgIpc) is 3.90. The van der Waals surface area contributed by atoms with E-state index in [1.807, 2.05) is 19.9 Å². The summed E-state index contributed by atoms with van der Waals surface area (Å²) in [5, 5.41) is 39.9. The lowest BCUT2D eigenvalue weighted by atomic mass is 10.0. The van der Waals surface area contributed by atoms with E-state index in [9.17, 15) is 63.0 Å². The topological polar surface area (TPSA) is 363 Å². The number of carboxylic acids is 1. The minimum Gasteiger partial charge on any atom is -0.490 e. The summed E-state index contributed by atoms with van der Waals surface area (Å²) >= 11 is 0.